The van der Waals surface area contributed by atoms with Crippen LogP contribution in [0.5, 0.6) is 5.75 Å². The summed E-state index contributed by atoms with van der Waals surface area (Å²) in [6.45, 7) is 4.45. The molecule has 3 rings (SSSR count). The fourth-order valence-corrected chi connectivity index (χ4v) is 3.63. The first-order chi connectivity index (χ1) is 11.2. The molecule has 1 atom stereocenters. The monoisotopic (exact) mass is 318 g/mol. The van der Waals surface area contributed by atoms with E-state index in [0.717, 1.165) is 39.0 Å². The number of nitrogens with zero attached hydrogens (tertiary/aromatic N) is 3. The highest BCUT2D eigenvalue weighted by Gasteiger charge is 2.37. The number of hydrogen-bond acceptors (Lipinski definition) is 5. The molecule has 1 unspecified atom stereocenters. The van der Waals surface area contributed by atoms with Crippen molar-refractivity contribution < 1.29 is 9.13 Å². The number of nitrogens with one attached hydrogen (secondary N) is 1. The van der Waals surface area contributed by atoms with Crippen molar-refractivity contribution >= 4 is 0 Å². The Morgan fingerprint density at radius 1 is 1.48 bits per heavy atom. The molecule has 6 heteroatoms. The molecule has 2 aliphatic heterocycles. The fraction of sp³-hybridized carbons (Fsp3) is 0.647. The first kappa shape index (κ1) is 16.2. The van der Waals surface area contributed by atoms with E-state index in [1.807, 2.05) is 6.07 Å². The summed E-state index contributed by atoms with van der Waals surface area (Å²) < 4.78 is 19.7. The van der Waals surface area contributed by atoms with Gasteiger partial charge in [-0.3, -0.25) is 9.88 Å². The van der Waals surface area contributed by atoms with Gasteiger partial charge in [-0.2, -0.15) is 5.26 Å². The molecule has 3 heterocycles. The molecule has 1 spiro atoms. The maximum Gasteiger partial charge on any atom is 0.155 e. The van der Waals surface area contributed by atoms with Crippen LogP contribution >= 0.6 is 0 Å². The maximum absolute atomic E-state index is 14.6. The third kappa shape index (κ3) is 3.46. The van der Waals surface area contributed by atoms with Crippen molar-refractivity contribution in [3.8, 4) is 11.8 Å². The SMILES string of the molecule is COc1cc(C(F)CN2CCC3(CCNC3)CC2)ncc1C#N. The van der Waals surface area contributed by atoms with Crippen LogP contribution in [0.3, 0.4) is 0 Å². The number of ether oxygens (including phenoxy) is 1. The van der Waals surface area contributed by atoms with E-state index in [0.29, 0.717) is 29.0 Å². The highest BCUT2D eigenvalue weighted by Crippen LogP contribution is 2.37. The van der Waals surface area contributed by atoms with Gasteiger partial charge in [0.25, 0.3) is 0 Å². The van der Waals surface area contributed by atoms with Gasteiger partial charge in [-0.05, 0) is 44.3 Å². The third-order valence-electron chi connectivity index (χ3n) is 5.22. The van der Waals surface area contributed by atoms with E-state index < -0.39 is 6.17 Å². The number of likely N-dealkylation sites (tertiary alicyclic amines) is 1. The summed E-state index contributed by atoms with van der Waals surface area (Å²) in [6, 6.07) is 3.53. The zero-order valence-corrected chi connectivity index (χ0v) is 13.5. The van der Waals surface area contributed by atoms with Gasteiger partial charge in [0.2, 0.25) is 0 Å². The van der Waals surface area contributed by atoms with E-state index in [4.69, 9.17) is 10.00 Å². The number of halogens is 1. The van der Waals surface area contributed by atoms with Gasteiger partial charge >= 0.3 is 0 Å². The summed E-state index contributed by atoms with van der Waals surface area (Å²) in [6.07, 6.45) is 3.74. The van der Waals surface area contributed by atoms with Crippen molar-refractivity contribution in [3.63, 3.8) is 0 Å². The molecule has 1 N–H and O–H groups in total. The summed E-state index contributed by atoms with van der Waals surface area (Å²) in [5, 5.41) is 12.4. The Balaban J connectivity index is 1.59. The Morgan fingerprint density at radius 2 is 2.26 bits per heavy atom. The molecule has 124 valence electrons. The van der Waals surface area contributed by atoms with Crippen LogP contribution in [-0.2, 0) is 0 Å². The second-order valence-electron chi connectivity index (χ2n) is 6.62. The zero-order valence-electron chi connectivity index (χ0n) is 13.5. The Kier molecular flexibility index (Phi) is 4.79. The van der Waals surface area contributed by atoms with Gasteiger partial charge in [-0.25, -0.2) is 4.39 Å². The second-order valence-corrected chi connectivity index (χ2v) is 6.62. The predicted molar refractivity (Wildman–Crippen MR) is 84.9 cm³/mol. The number of aromatic nitrogens is 1. The molecule has 0 bridgehead atoms. The molecule has 2 saturated heterocycles. The molecule has 5 nitrogen and oxygen atoms in total. The van der Waals surface area contributed by atoms with Crippen LogP contribution in [0, 0.1) is 16.7 Å². The van der Waals surface area contributed by atoms with Gasteiger partial charge < -0.3 is 10.1 Å². The van der Waals surface area contributed by atoms with Crippen LogP contribution in [0.4, 0.5) is 4.39 Å². The number of pyridine rings is 1. The van der Waals surface area contributed by atoms with Crippen LogP contribution in [0.2, 0.25) is 0 Å². The molecular weight excluding hydrogens is 295 g/mol. The number of piperidine rings is 1. The molecule has 0 amide bonds. The molecule has 0 aromatic carbocycles. The molecule has 2 fully saturated rings. The molecule has 1 aromatic heterocycles. The molecule has 0 radical (unpaired) electrons. The average molecular weight is 318 g/mol. The summed E-state index contributed by atoms with van der Waals surface area (Å²) in [5.74, 6) is 0.384. The lowest BCUT2D eigenvalue weighted by atomic mass is 9.78. The van der Waals surface area contributed by atoms with Crippen molar-refractivity contribution in [1.82, 2.24) is 15.2 Å². The average Bonchev–Trinajstić information content (AvgIpc) is 3.04. The molecule has 2 aliphatic rings. The van der Waals surface area contributed by atoms with Crippen LogP contribution < -0.4 is 10.1 Å². The van der Waals surface area contributed by atoms with Gasteiger partial charge in [-0.1, -0.05) is 0 Å². The Bertz CT molecular complexity index is 585. The summed E-state index contributed by atoms with van der Waals surface area (Å²) in [4.78, 5) is 6.26. The van der Waals surface area contributed by atoms with Gasteiger partial charge in [-0.15, -0.1) is 0 Å². The van der Waals surface area contributed by atoms with E-state index in [1.165, 1.54) is 25.8 Å². The quantitative estimate of drug-likeness (QED) is 0.920. The predicted octanol–water partition coefficient (Wildman–Crippen LogP) is 2.05. The topological polar surface area (TPSA) is 61.2 Å². The highest BCUT2D eigenvalue weighted by molar-refractivity contribution is 5.42. The van der Waals surface area contributed by atoms with Crippen LogP contribution in [-0.4, -0.2) is 49.7 Å². The lowest BCUT2D eigenvalue weighted by molar-refractivity contribution is 0.0942. The first-order valence-corrected chi connectivity index (χ1v) is 8.17. The van der Waals surface area contributed by atoms with Crippen molar-refractivity contribution in [2.24, 2.45) is 5.41 Å². The minimum atomic E-state index is -1.16. The van der Waals surface area contributed by atoms with E-state index >= 15 is 0 Å². The lowest BCUT2D eigenvalue weighted by Gasteiger charge is -2.39. The zero-order chi connectivity index (χ0) is 16.3. The van der Waals surface area contributed by atoms with Crippen molar-refractivity contribution in [2.75, 3.05) is 39.8 Å². The van der Waals surface area contributed by atoms with Gasteiger partial charge in [0.15, 0.2) is 6.17 Å². The third-order valence-corrected chi connectivity index (χ3v) is 5.22. The Morgan fingerprint density at radius 3 is 2.87 bits per heavy atom. The van der Waals surface area contributed by atoms with E-state index in [2.05, 4.69) is 15.2 Å². The minimum Gasteiger partial charge on any atom is -0.495 e. The van der Waals surface area contributed by atoms with Gasteiger partial charge in [0.1, 0.15) is 17.4 Å². The fourth-order valence-electron chi connectivity index (χ4n) is 3.63. The number of rotatable bonds is 4. The van der Waals surface area contributed by atoms with Crippen molar-refractivity contribution in [1.29, 1.82) is 5.26 Å². The number of alkyl halides is 1. The van der Waals surface area contributed by atoms with Crippen LogP contribution in [0.25, 0.3) is 0 Å². The minimum absolute atomic E-state index is 0.331. The summed E-state index contributed by atoms with van der Waals surface area (Å²) >= 11 is 0. The highest BCUT2D eigenvalue weighted by atomic mass is 19.1. The normalized spacial score (nSPS) is 22.0. The standard InChI is InChI=1S/C17H23FN4O/c1-23-16-8-15(21-10-13(16)9-19)14(18)11-22-6-3-17(4-7-22)2-5-20-12-17/h8,10,14,20H,2-7,11-12H2,1H3. The van der Waals surface area contributed by atoms with E-state index in [1.54, 1.807) is 0 Å². The molecule has 23 heavy (non-hydrogen) atoms. The molecule has 1 aromatic rings. The van der Waals surface area contributed by atoms with E-state index in [9.17, 15) is 4.39 Å². The lowest BCUT2D eigenvalue weighted by Crippen LogP contribution is -2.42. The van der Waals surface area contributed by atoms with Crippen LogP contribution in [0.15, 0.2) is 12.3 Å². The van der Waals surface area contributed by atoms with Crippen molar-refractivity contribution in [2.45, 2.75) is 25.4 Å². The number of hydrogen-bond donors (Lipinski definition) is 1. The summed E-state index contributed by atoms with van der Waals surface area (Å²) in [7, 11) is 1.48. The van der Waals surface area contributed by atoms with E-state index in [-0.39, 0.29) is 0 Å². The molecule has 0 saturated carbocycles. The number of methoxy groups -OCH3 is 1. The first-order valence-electron chi connectivity index (χ1n) is 8.17. The molecular formula is C17H23FN4O. The number of nitriles is 1. The smallest absolute Gasteiger partial charge is 0.155 e. The second kappa shape index (κ2) is 6.81. The largest absolute Gasteiger partial charge is 0.495 e. The summed E-state index contributed by atoms with van der Waals surface area (Å²) in [5.41, 5.74) is 1.11. The Labute approximate surface area is 136 Å². The van der Waals surface area contributed by atoms with Crippen molar-refractivity contribution in [3.05, 3.63) is 23.5 Å². The van der Waals surface area contributed by atoms with Gasteiger partial charge in [0, 0.05) is 25.4 Å². The Hall–Kier alpha value is -1.71. The van der Waals surface area contributed by atoms with Crippen LogP contribution in [0.1, 0.15) is 36.7 Å². The maximum atomic E-state index is 14.6. The van der Waals surface area contributed by atoms with Gasteiger partial charge in [0.05, 0.1) is 12.8 Å². The molecule has 0 aliphatic carbocycles.